The SMILES string of the molecule is C#CC[C@H](NC(=O)[C@H](Cc1cccc2ccccc12)CS(=O)(=O)C(C)(C)C)C(=O)N[C@@H](CC1CCCCC1)[C@@H](O)[C@@H](O)CC#C. The third kappa shape index (κ3) is 10.1. The summed E-state index contributed by atoms with van der Waals surface area (Å²) in [5.41, 5.74) is 0.813. The lowest BCUT2D eigenvalue weighted by Gasteiger charge is -2.33. The van der Waals surface area contributed by atoms with E-state index in [9.17, 15) is 28.2 Å². The van der Waals surface area contributed by atoms with E-state index in [0.717, 1.165) is 48.4 Å². The number of aliphatic hydroxyl groups is 2. The van der Waals surface area contributed by atoms with Gasteiger partial charge in [0.1, 0.15) is 12.1 Å². The largest absolute Gasteiger partial charge is 0.389 e. The molecule has 1 fully saturated rings. The number of carbonyl (C=O) groups is 2. The predicted octanol–water partition coefficient (Wildman–Crippen LogP) is 3.92. The van der Waals surface area contributed by atoms with Crippen LogP contribution in [0.25, 0.3) is 10.8 Å². The fourth-order valence-corrected chi connectivity index (χ4v) is 7.25. The molecule has 9 heteroatoms. The molecule has 0 aliphatic heterocycles. The number of rotatable bonds is 14. The van der Waals surface area contributed by atoms with Crippen LogP contribution in [0, 0.1) is 36.5 Å². The number of benzene rings is 2. The van der Waals surface area contributed by atoms with Gasteiger partial charge >= 0.3 is 0 Å². The second kappa shape index (κ2) is 16.3. The van der Waals surface area contributed by atoms with Gasteiger partial charge in [-0.25, -0.2) is 8.42 Å². The van der Waals surface area contributed by atoms with Crippen LogP contribution in [0.5, 0.6) is 0 Å². The monoisotopic (exact) mass is 636 g/mol. The average molecular weight is 637 g/mol. The van der Waals surface area contributed by atoms with Crippen LogP contribution in [-0.4, -0.2) is 65.2 Å². The summed E-state index contributed by atoms with van der Waals surface area (Å²) in [6, 6.07) is 11.4. The molecule has 0 heterocycles. The van der Waals surface area contributed by atoms with Crippen LogP contribution in [0.1, 0.15) is 77.7 Å². The Kier molecular flexibility index (Phi) is 13.1. The van der Waals surface area contributed by atoms with E-state index in [1.165, 1.54) is 0 Å². The standard InChI is InChI=1S/C36H48N2O6S/c1-6-14-30(35(42)38-31(33(40)32(39)15-7-2)22-25-16-9-8-10-17-25)37-34(41)28(24-45(43,44)36(3,4)5)23-27-20-13-19-26-18-11-12-21-29(26)27/h1-2,11-13,18-21,25,28,30-33,39-40H,8-10,14-17,22-24H2,3-5H3,(H,37,41)(H,38,42)/t28-,30+,31+,32+,33-/m1/s1. The highest BCUT2D eigenvalue weighted by Gasteiger charge is 2.37. The number of aliphatic hydroxyl groups excluding tert-OH is 2. The van der Waals surface area contributed by atoms with Crippen LogP contribution in [0.15, 0.2) is 42.5 Å². The van der Waals surface area contributed by atoms with Gasteiger partial charge < -0.3 is 20.8 Å². The summed E-state index contributed by atoms with van der Waals surface area (Å²) in [7, 11) is -3.72. The molecule has 2 amide bonds. The van der Waals surface area contributed by atoms with Crippen LogP contribution in [0.3, 0.4) is 0 Å². The summed E-state index contributed by atoms with van der Waals surface area (Å²) < 4.78 is 25.6. The van der Waals surface area contributed by atoms with Crippen LogP contribution in [0.2, 0.25) is 0 Å². The minimum absolute atomic E-state index is 0.0825. The Balaban J connectivity index is 1.87. The Hall–Kier alpha value is -3.37. The zero-order valence-corrected chi connectivity index (χ0v) is 27.5. The van der Waals surface area contributed by atoms with E-state index in [1.54, 1.807) is 20.8 Å². The lowest BCUT2D eigenvalue weighted by molar-refractivity contribution is -0.132. The Labute approximate surface area is 268 Å². The van der Waals surface area contributed by atoms with Gasteiger partial charge in [0.05, 0.1) is 28.6 Å². The molecule has 0 aromatic heterocycles. The van der Waals surface area contributed by atoms with Gasteiger partial charge in [-0.1, -0.05) is 74.6 Å². The van der Waals surface area contributed by atoms with Gasteiger partial charge in [0.2, 0.25) is 11.8 Å². The van der Waals surface area contributed by atoms with Crippen LogP contribution in [0.4, 0.5) is 0 Å². The van der Waals surface area contributed by atoms with E-state index in [0.29, 0.717) is 6.42 Å². The van der Waals surface area contributed by atoms with E-state index >= 15 is 0 Å². The second-order valence-electron chi connectivity index (χ2n) is 13.2. The molecule has 1 saturated carbocycles. The van der Waals surface area contributed by atoms with Crippen molar-refractivity contribution in [1.29, 1.82) is 0 Å². The van der Waals surface area contributed by atoms with Crippen molar-refractivity contribution in [3.8, 4) is 24.7 Å². The van der Waals surface area contributed by atoms with Gasteiger partial charge in [-0.3, -0.25) is 9.59 Å². The Bertz CT molecular complexity index is 1490. The first-order valence-electron chi connectivity index (χ1n) is 15.8. The molecule has 0 bridgehead atoms. The molecule has 1 aliphatic rings. The summed E-state index contributed by atoms with van der Waals surface area (Å²) in [5, 5.41) is 28.9. The quantitative estimate of drug-likeness (QED) is 0.233. The summed E-state index contributed by atoms with van der Waals surface area (Å²) >= 11 is 0. The first-order chi connectivity index (χ1) is 21.3. The lowest BCUT2D eigenvalue weighted by Crippen LogP contribution is -2.56. The van der Waals surface area contributed by atoms with Crippen molar-refractivity contribution in [3.05, 3.63) is 48.0 Å². The van der Waals surface area contributed by atoms with Crippen molar-refractivity contribution in [1.82, 2.24) is 10.6 Å². The third-order valence-electron chi connectivity index (χ3n) is 8.80. The maximum Gasteiger partial charge on any atom is 0.243 e. The first-order valence-corrected chi connectivity index (χ1v) is 17.4. The van der Waals surface area contributed by atoms with Crippen LogP contribution < -0.4 is 10.6 Å². The van der Waals surface area contributed by atoms with Crippen molar-refractivity contribution in [3.63, 3.8) is 0 Å². The second-order valence-corrected chi connectivity index (χ2v) is 16.0. The lowest BCUT2D eigenvalue weighted by atomic mass is 9.82. The summed E-state index contributed by atoms with van der Waals surface area (Å²) in [5.74, 6) is 2.39. The number of nitrogens with one attached hydrogen (secondary N) is 2. The molecular weight excluding hydrogens is 588 g/mol. The van der Waals surface area contributed by atoms with Gasteiger partial charge in [0, 0.05) is 12.8 Å². The van der Waals surface area contributed by atoms with E-state index < -0.39 is 62.4 Å². The molecule has 5 atom stereocenters. The minimum Gasteiger partial charge on any atom is -0.389 e. The molecule has 0 radical (unpaired) electrons. The van der Waals surface area contributed by atoms with Gasteiger partial charge in [-0.2, -0.15) is 0 Å². The van der Waals surface area contributed by atoms with Crippen molar-refractivity contribution in [2.45, 2.75) is 108 Å². The maximum atomic E-state index is 13.9. The minimum atomic E-state index is -3.72. The fourth-order valence-electron chi connectivity index (χ4n) is 5.95. The smallest absolute Gasteiger partial charge is 0.243 e. The number of hydrogen-bond donors (Lipinski definition) is 4. The highest BCUT2D eigenvalue weighted by molar-refractivity contribution is 7.92. The molecule has 4 N–H and O–H groups in total. The Morgan fingerprint density at radius 3 is 2.22 bits per heavy atom. The average Bonchev–Trinajstić information content (AvgIpc) is 2.99. The summed E-state index contributed by atoms with van der Waals surface area (Å²) in [6.07, 6.45) is 13.9. The van der Waals surface area contributed by atoms with Crippen LogP contribution in [-0.2, 0) is 25.8 Å². The van der Waals surface area contributed by atoms with E-state index in [2.05, 4.69) is 22.5 Å². The Morgan fingerprint density at radius 2 is 1.58 bits per heavy atom. The molecule has 8 nitrogen and oxygen atoms in total. The zero-order valence-electron chi connectivity index (χ0n) is 26.7. The first kappa shape index (κ1) is 36.1. The molecule has 2 aromatic carbocycles. The number of carbonyl (C=O) groups excluding carboxylic acids is 2. The highest BCUT2D eigenvalue weighted by atomic mass is 32.2. The summed E-state index contributed by atoms with van der Waals surface area (Å²) in [4.78, 5) is 27.5. The maximum absolute atomic E-state index is 13.9. The van der Waals surface area contributed by atoms with Crippen molar-refractivity contribution in [2.75, 3.05) is 5.75 Å². The van der Waals surface area contributed by atoms with Crippen LogP contribution >= 0.6 is 0 Å². The van der Waals surface area contributed by atoms with E-state index in [-0.39, 0.29) is 25.2 Å². The van der Waals surface area contributed by atoms with Gasteiger partial charge in [-0.05, 0) is 55.9 Å². The van der Waals surface area contributed by atoms with Gasteiger partial charge in [0.25, 0.3) is 0 Å². The normalized spacial score (nSPS) is 17.7. The molecule has 0 unspecified atom stereocenters. The third-order valence-corrected chi connectivity index (χ3v) is 11.5. The number of hydrogen-bond acceptors (Lipinski definition) is 6. The topological polar surface area (TPSA) is 133 Å². The van der Waals surface area contributed by atoms with Crippen molar-refractivity contribution in [2.24, 2.45) is 11.8 Å². The molecule has 0 saturated heterocycles. The molecular formula is C36H48N2O6S. The zero-order chi connectivity index (χ0) is 33.2. The fraction of sp³-hybridized carbons (Fsp3) is 0.556. The van der Waals surface area contributed by atoms with Gasteiger partial charge in [0.15, 0.2) is 9.84 Å². The molecule has 2 aromatic rings. The molecule has 0 spiro atoms. The number of amides is 2. The Morgan fingerprint density at radius 1 is 0.933 bits per heavy atom. The molecule has 1 aliphatic carbocycles. The predicted molar refractivity (Wildman–Crippen MR) is 179 cm³/mol. The number of fused-ring (bicyclic) bond motifs is 1. The molecule has 45 heavy (non-hydrogen) atoms. The number of terminal acetylenes is 2. The van der Waals surface area contributed by atoms with E-state index in [1.807, 2.05) is 42.5 Å². The van der Waals surface area contributed by atoms with Crippen molar-refractivity contribution < 1.29 is 28.2 Å². The highest BCUT2D eigenvalue weighted by Crippen LogP contribution is 2.29. The van der Waals surface area contributed by atoms with E-state index in [4.69, 9.17) is 12.8 Å². The summed E-state index contributed by atoms with van der Waals surface area (Å²) in [6.45, 7) is 4.78. The van der Waals surface area contributed by atoms with Gasteiger partial charge in [-0.15, -0.1) is 24.7 Å². The van der Waals surface area contributed by atoms with Crippen molar-refractivity contribution >= 4 is 32.4 Å². The molecule has 244 valence electrons. The number of sulfone groups is 1. The molecule has 3 rings (SSSR count).